The van der Waals surface area contributed by atoms with Crippen LogP contribution in [-0.2, 0) is 0 Å². The van der Waals surface area contributed by atoms with Crippen molar-refractivity contribution in [2.45, 2.75) is 6.92 Å². The van der Waals surface area contributed by atoms with E-state index in [-0.39, 0.29) is 0 Å². The minimum atomic E-state index is 0.621. The molecule has 0 spiro atoms. The normalized spacial score (nSPS) is 10.1. The molecule has 2 aromatic rings. The highest BCUT2D eigenvalue weighted by Crippen LogP contribution is 2.28. The van der Waals surface area contributed by atoms with E-state index < -0.39 is 0 Å². The molecule has 0 radical (unpaired) electrons. The van der Waals surface area contributed by atoms with Gasteiger partial charge in [0.2, 0.25) is 0 Å². The van der Waals surface area contributed by atoms with Gasteiger partial charge in [0.1, 0.15) is 10.4 Å². The van der Waals surface area contributed by atoms with Crippen LogP contribution in [0.5, 0.6) is 5.75 Å². The fraction of sp³-hybridized carbons (Fsp3) is 0.167. The zero-order valence-electron chi connectivity index (χ0n) is 9.15. The number of nitrogens with one attached hydrogen (secondary N) is 1. The first-order valence-corrected chi connectivity index (χ1v) is 5.32. The summed E-state index contributed by atoms with van der Waals surface area (Å²) in [6.45, 7) is 2.04. The van der Waals surface area contributed by atoms with Crippen LogP contribution in [0.2, 0.25) is 0 Å². The minimum absolute atomic E-state index is 0.621. The molecule has 0 aliphatic heterocycles. The Morgan fingerprint density at radius 1 is 1.25 bits per heavy atom. The Kier molecular flexibility index (Phi) is 3.01. The van der Waals surface area contributed by atoms with Gasteiger partial charge in [-0.05, 0) is 31.2 Å². The molecule has 4 heteroatoms. The van der Waals surface area contributed by atoms with E-state index in [1.165, 1.54) is 5.56 Å². The van der Waals surface area contributed by atoms with Gasteiger partial charge in [-0.1, -0.05) is 23.8 Å². The second kappa shape index (κ2) is 4.45. The molecule has 0 saturated heterocycles. The molecule has 1 aromatic heterocycles. The first-order chi connectivity index (χ1) is 7.70. The van der Waals surface area contributed by atoms with Gasteiger partial charge in [-0.3, -0.25) is 5.10 Å². The quantitative estimate of drug-likeness (QED) is 0.808. The van der Waals surface area contributed by atoms with E-state index in [2.05, 4.69) is 10.2 Å². The van der Waals surface area contributed by atoms with Gasteiger partial charge in [-0.15, -0.1) is 0 Å². The molecular weight excluding hydrogens is 220 g/mol. The fourth-order valence-electron chi connectivity index (χ4n) is 1.52. The van der Waals surface area contributed by atoms with Gasteiger partial charge >= 0.3 is 0 Å². The van der Waals surface area contributed by atoms with Crippen molar-refractivity contribution in [3.63, 3.8) is 0 Å². The van der Waals surface area contributed by atoms with Crippen LogP contribution < -0.4 is 4.74 Å². The lowest BCUT2D eigenvalue weighted by Crippen LogP contribution is -1.92. The molecule has 1 aromatic carbocycles. The van der Waals surface area contributed by atoms with Crippen LogP contribution in [0.4, 0.5) is 0 Å². The smallest absolute Gasteiger partial charge is 0.128 e. The Morgan fingerprint density at radius 2 is 2.06 bits per heavy atom. The minimum Gasteiger partial charge on any atom is -0.496 e. The molecule has 0 amide bonds. The third-order valence-corrected chi connectivity index (χ3v) is 2.54. The molecule has 1 N–H and O–H groups in total. The molecule has 0 fully saturated rings. The summed E-state index contributed by atoms with van der Waals surface area (Å²) in [4.78, 5) is 0. The molecule has 1 heterocycles. The maximum absolute atomic E-state index is 5.31. The second-order valence-corrected chi connectivity index (χ2v) is 3.95. The molecule has 0 aliphatic rings. The highest BCUT2D eigenvalue weighted by molar-refractivity contribution is 7.71. The number of benzene rings is 1. The van der Waals surface area contributed by atoms with Gasteiger partial charge in [0, 0.05) is 5.56 Å². The summed E-state index contributed by atoms with van der Waals surface area (Å²) in [6.07, 6.45) is 0. The largest absolute Gasteiger partial charge is 0.496 e. The Hall–Kier alpha value is -1.68. The molecule has 3 nitrogen and oxygen atoms in total. The summed E-state index contributed by atoms with van der Waals surface area (Å²) >= 11 is 4.96. The first-order valence-electron chi connectivity index (χ1n) is 4.91. The van der Waals surface area contributed by atoms with Crippen LogP contribution in [-0.4, -0.2) is 17.3 Å². The Balaban J connectivity index is 2.57. The summed E-state index contributed by atoms with van der Waals surface area (Å²) in [5.74, 6) is 0.809. The van der Waals surface area contributed by atoms with Crippen molar-refractivity contribution in [2.75, 3.05) is 7.11 Å². The molecule has 0 aliphatic carbocycles. The highest BCUT2D eigenvalue weighted by Gasteiger charge is 2.06. The number of hydrogen-bond donors (Lipinski definition) is 1. The van der Waals surface area contributed by atoms with Crippen molar-refractivity contribution in [1.29, 1.82) is 0 Å². The maximum Gasteiger partial charge on any atom is 0.128 e. The van der Waals surface area contributed by atoms with Crippen molar-refractivity contribution < 1.29 is 4.74 Å². The number of ether oxygens (including phenoxy) is 1. The van der Waals surface area contributed by atoms with Crippen LogP contribution in [0.3, 0.4) is 0 Å². The fourth-order valence-corrected chi connectivity index (χ4v) is 1.63. The van der Waals surface area contributed by atoms with Crippen molar-refractivity contribution in [3.05, 3.63) is 40.5 Å². The number of nitrogens with zero attached hydrogens (tertiary/aromatic N) is 1. The van der Waals surface area contributed by atoms with E-state index in [0.29, 0.717) is 4.64 Å². The van der Waals surface area contributed by atoms with Crippen LogP contribution in [0.15, 0.2) is 30.3 Å². The van der Waals surface area contributed by atoms with Crippen molar-refractivity contribution in [3.8, 4) is 17.0 Å². The number of aromatic amines is 1. The zero-order chi connectivity index (χ0) is 11.5. The van der Waals surface area contributed by atoms with Crippen LogP contribution in [0, 0.1) is 11.6 Å². The monoisotopic (exact) mass is 232 g/mol. The van der Waals surface area contributed by atoms with E-state index in [4.69, 9.17) is 17.0 Å². The summed E-state index contributed by atoms with van der Waals surface area (Å²) in [5, 5.41) is 6.97. The summed E-state index contributed by atoms with van der Waals surface area (Å²) in [7, 11) is 1.65. The van der Waals surface area contributed by atoms with Crippen molar-refractivity contribution >= 4 is 12.2 Å². The zero-order valence-corrected chi connectivity index (χ0v) is 9.97. The molecule has 0 saturated carbocycles. The van der Waals surface area contributed by atoms with Gasteiger partial charge in [-0.25, -0.2) is 0 Å². The van der Waals surface area contributed by atoms with E-state index in [9.17, 15) is 0 Å². The number of aromatic nitrogens is 2. The molecule has 0 bridgehead atoms. The number of rotatable bonds is 2. The number of hydrogen-bond acceptors (Lipinski definition) is 3. The predicted molar refractivity (Wildman–Crippen MR) is 66.1 cm³/mol. The molecule has 16 heavy (non-hydrogen) atoms. The summed E-state index contributed by atoms with van der Waals surface area (Å²) < 4.78 is 5.93. The topological polar surface area (TPSA) is 37.9 Å². The third-order valence-electron chi connectivity index (χ3n) is 2.31. The van der Waals surface area contributed by atoms with Crippen molar-refractivity contribution in [1.82, 2.24) is 10.2 Å². The Morgan fingerprint density at radius 3 is 2.69 bits per heavy atom. The Bertz CT molecular complexity index is 543. The number of H-pyrrole nitrogens is 1. The molecule has 82 valence electrons. The standard InChI is InChI=1S/C12H12N2OS/c1-8-3-5-11(15-2)9(7-8)10-4-6-12(16)14-13-10/h3-7H,1-2H3,(H,14,16). The SMILES string of the molecule is COc1ccc(C)cc1-c1ccc(=S)[nH]n1. The van der Waals surface area contributed by atoms with Crippen molar-refractivity contribution in [2.24, 2.45) is 0 Å². The third kappa shape index (κ3) is 2.12. The van der Waals surface area contributed by atoms with E-state index in [1.54, 1.807) is 7.11 Å². The average Bonchev–Trinajstić information content (AvgIpc) is 2.30. The van der Waals surface area contributed by atoms with Gasteiger partial charge in [0.05, 0.1) is 12.8 Å². The summed E-state index contributed by atoms with van der Waals surface area (Å²) in [5.41, 5.74) is 2.96. The summed E-state index contributed by atoms with van der Waals surface area (Å²) in [6, 6.07) is 9.69. The van der Waals surface area contributed by atoms with Gasteiger partial charge in [0.15, 0.2) is 0 Å². The molecular formula is C12H12N2OS. The van der Waals surface area contributed by atoms with Gasteiger partial charge < -0.3 is 4.74 Å². The van der Waals surface area contributed by atoms with Gasteiger partial charge in [0.25, 0.3) is 0 Å². The van der Waals surface area contributed by atoms with Gasteiger partial charge in [-0.2, -0.15) is 5.10 Å². The molecule has 0 unspecified atom stereocenters. The number of aryl methyl sites for hydroxylation is 1. The lowest BCUT2D eigenvalue weighted by Gasteiger charge is -2.08. The van der Waals surface area contributed by atoms with Crippen LogP contribution >= 0.6 is 12.2 Å². The molecule has 0 atom stereocenters. The average molecular weight is 232 g/mol. The lowest BCUT2D eigenvalue weighted by molar-refractivity contribution is 0.416. The lowest BCUT2D eigenvalue weighted by atomic mass is 10.1. The highest BCUT2D eigenvalue weighted by atomic mass is 32.1. The molecule has 2 rings (SSSR count). The Labute approximate surface area is 99.1 Å². The van der Waals surface area contributed by atoms with E-state index >= 15 is 0 Å². The first kappa shape index (κ1) is 10.8. The van der Waals surface area contributed by atoms with Crippen LogP contribution in [0.25, 0.3) is 11.3 Å². The number of methoxy groups -OCH3 is 1. The predicted octanol–water partition coefficient (Wildman–Crippen LogP) is 3.12. The second-order valence-electron chi connectivity index (χ2n) is 3.51. The van der Waals surface area contributed by atoms with E-state index in [1.807, 2.05) is 37.3 Å². The van der Waals surface area contributed by atoms with E-state index in [0.717, 1.165) is 17.0 Å². The van der Waals surface area contributed by atoms with Crippen LogP contribution in [0.1, 0.15) is 5.56 Å². The maximum atomic E-state index is 5.31.